The van der Waals surface area contributed by atoms with E-state index < -0.39 is 0 Å². The van der Waals surface area contributed by atoms with Crippen molar-refractivity contribution in [3.8, 4) is 0 Å². The van der Waals surface area contributed by atoms with E-state index in [2.05, 4.69) is 39.6 Å². The number of aromatic amines is 1. The number of carbonyl (C=O) groups is 1. The van der Waals surface area contributed by atoms with E-state index in [1.54, 1.807) is 11.3 Å². The van der Waals surface area contributed by atoms with Crippen LogP contribution in [0.5, 0.6) is 0 Å². The number of likely N-dealkylation sites (tertiary alicyclic amines) is 1. The summed E-state index contributed by atoms with van der Waals surface area (Å²) in [6, 6.07) is 7.72. The minimum Gasteiger partial charge on any atom is -0.350 e. The van der Waals surface area contributed by atoms with Gasteiger partial charge in [0.1, 0.15) is 5.01 Å². The summed E-state index contributed by atoms with van der Waals surface area (Å²) < 4.78 is 0. The van der Waals surface area contributed by atoms with Crippen LogP contribution in [0.2, 0.25) is 0 Å². The normalized spacial score (nSPS) is 18.0. The number of benzene rings is 1. The van der Waals surface area contributed by atoms with Crippen LogP contribution in [-0.4, -0.2) is 45.6 Å². The van der Waals surface area contributed by atoms with Crippen LogP contribution in [0.25, 0.3) is 10.9 Å². The summed E-state index contributed by atoms with van der Waals surface area (Å²) in [6.45, 7) is 8.06. The van der Waals surface area contributed by atoms with Gasteiger partial charge in [-0.15, -0.1) is 11.3 Å². The molecule has 1 aliphatic heterocycles. The first-order valence-electron chi connectivity index (χ1n) is 9.98. The Labute approximate surface area is 169 Å². The molecule has 1 atom stereocenters. The van der Waals surface area contributed by atoms with Gasteiger partial charge in [-0.2, -0.15) is 5.10 Å². The zero-order valence-corrected chi connectivity index (χ0v) is 17.3. The van der Waals surface area contributed by atoms with Gasteiger partial charge >= 0.3 is 0 Å². The zero-order chi connectivity index (χ0) is 19.5. The number of amides is 1. The number of para-hydroxylation sites is 1. The van der Waals surface area contributed by atoms with E-state index in [0.717, 1.165) is 43.4 Å². The summed E-state index contributed by atoms with van der Waals surface area (Å²) >= 11 is 1.76. The molecule has 0 radical (unpaired) electrons. The predicted octanol–water partition coefficient (Wildman–Crippen LogP) is 3.78. The highest BCUT2D eigenvalue weighted by Gasteiger charge is 2.22. The molecule has 7 heteroatoms. The van der Waals surface area contributed by atoms with Crippen LogP contribution in [0.4, 0.5) is 0 Å². The molecule has 1 fully saturated rings. The second kappa shape index (κ2) is 8.41. The van der Waals surface area contributed by atoms with Crippen molar-refractivity contribution in [2.45, 2.75) is 39.2 Å². The van der Waals surface area contributed by atoms with Crippen molar-refractivity contribution >= 4 is 28.1 Å². The second-order valence-corrected chi connectivity index (χ2v) is 8.83. The zero-order valence-electron chi connectivity index (χ0n) is 16.4. The molecule has 4 rings (SSSR count). The number of H-pyrrole nitrogens is 1. The van der Waals surface area contributed by atoms with Gasteiger partial charge in [-0.25, -0.2) is 4.98 Å². The maximum atomic E-state index is 12.6. The van der Waals surface area contributed by atoms with Crippen LogP contribution >= 0.6 is 11.3 Å². The van der Waals surface area contributed by atoms with E-state index in [9.17, 15) is 4.79 Å². The van der Waals surface area contributed by atoms with Gasteiger partial charge in [0.05, 0.1) is 17.8 Å². The fourth-order valence-corrected chi connectivity index (χ4v) is 4.77. The smallest absolute Gasteiger partial charge is 0.272 e. The molecule has 1 unspecified atom stereocenters. The van der Waals surface area contributed by atoms with Crippen LogP contribution in [0.3, 0.4) is 0 Å². The van der Waals surface area contributed by atoms with Crippen molar-refractivity contribution in [3.05, 3.63) is 46.0 Å². The van der Waals surface area contributed by atoms with E-state index in [0.29, 0.717) is 24.1 Å². The molecule has 0 bridgehead atoms. The number of nitrogens with one attached hydrogen (secondary N) is 2. The number of rotatable bonds is 6. The fraction of sp³-hybridized carbons (Fsp3) is 0.476. The van der Waals surface area contributed by atoms with Gasteiger partial charge in [0, 0.05) is 23.9 Å². The lowest BCUT2D eigenvalue weighted by atomic mass is 9.98. The second-order valence-electron chi connectivity index (χ2n) is 7.89. The lowest BCUT2D eigenvalue weighted by molar-refractivity contribution is 0.0927. The minimum absolute atomic E-state index is 0.101. The van der Waals surface area contributed by atoms with E-state index in [1.807, 2.05) is 24.3 Å². The molecule has 1 aliphatic rings. The average molecular weight is 398 g/mol. The number of nitrogens with zero attached hydrogens (tertiary/aromatic N) is 3. The van der Waals surface area contributed by atoms with Gasteiger partial charge in [0.2, 0.25) is 0 Å². The largest absolute Gasteiger partial charge is 0.350 e. The van der Waals surface area contributed by atoms with Crippen molar-refractivity contribution in [2.75, 3.05) is 19.6 Å². The highest BCUT2D eigenvalue weighted by molar-refractivity contribution is 7.09. The Morgan fingerprint density at radius 3 is 3.07 bits per heavy atom. The summed E-state index contributed by atoms with van der Waals surface area (Å²) in [6.07, 6.45) is 2.31. The van der Waals surface area contributed by atoms with Gasteiger partial charge in [0.15, 0.2) is 5.69 Å². The molecule has 0 aliphatic carbocycles. The molecule has 1 amide bonds. The van der Waals surface area contributed by atoms with E-state index in [1.165, 1.54) is 10.7 Å². The van der Waals surface area contributed by atoms with Crippen LogP contribution in [-0.2, 0) is 6.54 Å². The lowest BCUT2D eigenvalue weighted by Gasteiger charge is -2.32. The van der Waals surface area contributed by atoms with Crippen LogP contribution in [0.1, 0.15) is 53.8 Å². The van der Waals surface area contributed by atoms with E-state index in [-0.39, 0.29) is 5.91 Å². The lowest BCUT2D eigenvalue weighted by Crippen LogP contribution is -2.40. The van der Waals surface area contributed by atoms with Crippen molar-refractivity contribution in [1.82, 2.24) is 25.4 Å². The van der Waals surface area contributed by atoms with Gasteiger partial charge in [-0.1, -0.05) is 32.0 Å². The first kappa shape index (κ1) is 19.1. The number of thiazole rings is 1. The first-order valence-corrected chi connectivity index (χ1v) is 10.9. The molecule has 148 valence electrons. The molecule has 2 N–H and O–H groups in total. The molecule has 0 spiro atoms. The van der Waals surface area contributed by atoms with Crippen molar-refractivity contribution in [3.63, 3.8) is 0 Å². The molecule has 3 aromatic rings. The minimum atomic E-state index is -0.101. The van der Waals surface area contributed by atoms with Crippen molar-refractivity contribution in [2.24, 2.45) is 5.92 Å². The van der Waals surface area contributed by atoms with Crippen molar-refractivity contribution < 1.29 is 4.79 Å². The Morgan fingerprint density at radius 2 is 2.25 bits per heavy atom. The monoisotopic (exact) mass is 397 g/mol. The molecule has 0 saturated carbocycles. The average Bonchev–Trinajstić information content (AvgIpc) is 3.33. The SMILES string of the molecule is CC(C)c1csc(CN2CCCC(CNC(=O)c3n[nH]c4ccccc34)C2)n1. The van der Waals surface area contributed by atoms with E-state index in [4.69, 9.17) is 4.98 Å². The third kappa shape index (κ3) is 4.25. The molecule has 3 heterocycles. The standard InChI is InChI=1S/C21H27N5OS/c1-14(2)18-13-28-19(23-18)12-26-9-5-6-15(11-26)10-22-21(27)20-16-7-3-4-8-17(16)24-25-20/h3-4,7-8,13-15H,5-6,9-12H2,1-2H3,(H,22,27)(H,24,25). The Bertz CT molecular complexity index is 947. The van der Waals surface area contributed by atoms with Crippen molar-refractivity contribution in [1.29, 1.82) is 0 Å². The topological polar surface area (TPSA) is 73.9 Å². The number of piperidine rings is 1. The van der Waals surface area contributed by atoms with Crippen LogP contribution in [0.15, 0.2) is 29.6 Å². The number of aromatic nitrogens is 3. The third-order valence-electron chi connectivity index (χ3n) is 5.36. The third-order valence-corrected chi connectivity index (χ3v) is 6.21. The fourth-order valence-electron chi connectivity index (χ4n) is 3.77. The van der Waals surface area contributed by atoms with Gasteiger partial charge < -0.3 is 5.32 Å². The Hall–Kier alpha value is -2.25. The molecular formula is C21H27N5OS. The quantitative estimate of drug-likeness (QED) is 0.664. The molecule has 2 aromatic heterocycles. The maximum Gasteiger partial charge on any atom is 0.272 e. The number of hydrogen-bond acceptors (Lipinski definition) is 5. The molecule has 6 nitrogen and oxygen atoms in total. The van der Waals surface area contributed by atoms with Crippen LogP contribution < -0.4 is 5.32 Å². The molecule has 1 saturated heterocycles. The predicted molar refractivity (Wildman–Crippen MR) is 113 cm³/mol. The van der Waals surface area contributed by atoms with Gasteiger partial charge in [0.25, 0.3) is 5.91 Å². The van der Waals surface area contributed by atoms with Crippen LogP contribution in [0, 0.1) is 5.92 Å². The highest BCUT2D eigenvalue weighted by Crippen LogP contribution is 2.22. The maximum absolute atomic E-state index is 12.6. The van der Waals surface area contributed by atoms with Gasteiger partial charge in [-0.3, -0.25) is 14.8 Å². The summed E-state index contributed by atoms with van der Waals surface area (Å²) in [5.74, 6) is 0.843. The number of fused-ring (bicyclic) bond motifs is 1. The number of hydrogen-bond donors (Lipinski definition) is 2. The summed E-state index contributed by atoms with van der Waals surface area (Å²) in [5.41, 5.74) is 2.56. The molecular weight excluding hydrogens is 370 g/mol. The van der Waals surface area contributed by atoms with E-state index >= 15 is 0 Å². The molecule has 28 heavy (non-hydrogen) atoms. The Balaban J connectivity index is 1.31. The molecule has 1 aromatic carbocycles. The highest BCUT2D eigenvalue weighted by atomic mass is 32.1. The first-order chi connectivity index (χ1) is 13.6. The summed E-state index contributed by atoms with van der Waals surface area (Å²) in [5, 5.41) is 14.4. The summed E-state index contributed by atoms with van der Waals surface area (Å²) in [4.78, 5) is 19.8. The Morgan fingerprint density at radius 1 is 1.39 bits per heavy atom. The van der Waals surface area contributed by atoms with Gasteiger partial charge in [-0.05, 0) is 37.3 Å². The Kier molecular flexibility index (Phi) is 5.73. The summed E-state index contributed by atoms with van der Waals surface area (Å²) in [7, 11) is 0. The number of carbonyl (C=O) groups excluding carboxylic acids is 1.